The maximum Gasteiger partial charge on any atom is 0.306 e. The number of hydrogen-bond acceptors (Lipinski definition) is 6. The number of fused-ring (bicyclic) bond motifs is 3. The maximum absolute atomic E-state index is 11.0. The lowest BCUT2D eigenvalue weighted by molar-refractivity contribution is -0.348. The van der Waals surface area contributed by atoms with Crippen molar-refractivity contribution in [2.45, 2.75) is 76.2 Å². The van der Waals surface area contributed by atoms with E-state index in [0.717, 1.165) is 0 Å². The minimum absolute atomic E-state index is 0.132. The molecule has 0 aliphatic carbocycles. The van der Waals surface area contributed by atoms with E-state index in [9.17, 15) is 4.79 Å². The molecule has 0 aromatic heterocycles. The van der Waals surface area contributed by atoms with E-state index in [-0.39, 0.29) is 24.7 Å². The van der Waals surface area contributed by atoms with Crippen molar-refractivity contribution in [3.05, 3.63) is 0 Å². The van der Waals surface area contributed by atoms with Crippen molar-refractivity contribution in [1.82, 2.24) is 0 Å². The van der Waals surface area contributed by atoms with Crippen LogP contribution < -0.4 is 0 Å². The van der Waals surface area contributed by atoms with Gasteiger partial charge in [0.25, 0.3) is 0 Å². The fraction of sp³-hybridized carbons (Fsp3) is 0.929. The number of ether oxygens (including phenoxy) is 5. The molecular formula is C14H22O7. The number of carboxylic acids is 1. The Hall–Kier alpha value is -0.730. The third-order valence-corrected chi connectivity index (χ3v) is 3.96. The first-order valence-electron chi connectivity index (χ1n) is 7.21. The SMILES string of the molecule is CC1(C)O[C@@H]2[C@H](O1)[C@H](CC(=O)O)O[C@@H]1COC(C)(C)O[C@@H]21. The van der Waals surface area contributed by atoms with Crippen LogP contribution in [0.1, 0.15) is 34.1 Å². The summed E-state index contributed by atoms with van der Waals surface area (Å²) < 4.78 is 29.2. The highest BCUT2D eigenvalue weighted by Gasteiger charge is 2.58. The van der Waals surface area contributed by atoms with Gasteiger partial charge < -0.3 is 28.8 Å². The normalized spacial score (nSPS) is 43.9. The summed E-state index contributed by atoms with van der Waals surface area (Å²) in [6.45, 7) is 7.64. The van der Waals surface area contributed by atoms with Gasteiger partial charge in [0.05, 0.1) is 19.1 Å². The summed E-state index contributed by atoms with van der Waals surface area (Å²) in [7, 11) is 0. The van der Waals surface area contributed by atoms with Crippen molar-refractivity contribution in [3.63, 3.8) is 0 Å². The molecule has 0 amide bonds. The van der Waals surface area contributed by atoms with Crippen LogP contribution in [0.15, 0.2) is 0 Å². The highest BCUT2D eigenvalue weighted by molar-refractivity contribution is 5.67. The zero-order chi connectivity index (χ0) is 15.4. The summed E-state index contributed by atoms with van der Waals surface area (Å²) in [5.74, 6) is -2.43. The Bertz CT molecular complexity index is 433. The van der Waals surface area contributed by atoms with Crippen LogP contribution in [0.3, 0.4) is 0 Å². The lowest BCUT2D eigenvalue weighted by Gasteiger charge is -2.48. The van der Waals surface area contributed by atoms with Crippen molar-refractivity contribution >= 4 is 5.97 Å². The molecule has 0 bridgehead atoms. The van der Waals surface area contributed by atoms with Crippen LogP contribution in [-0.2, 0) is 28.5 Å². The molecule has 3 heterocycles. The molecule has 0 aromatic carbocycles. The van der Waals surface area contributed by atoms with Crippen LogP contribution in [0.25, 0.3) is 0 Å². The third-order valence-electron chi connectivity index (χ3n) is 3.96. The molecule has 1 N–H and O–H groups in total. The first-order valence-corrected chi connectivity index (χ1v) is 7.21. The largest absolute Gasteiger partial charge is 0.481 e. The number of rotatable bonds is 2. The Morgan fingerprint density at radius 2 is 1.67 bits per heavy atom. The van der Waals surface area contributed by atoms with Crippen LogP contribution in [0.4, 0.5) is 0 Å². The summed E-state index contributed by atoms with van der Waals surface area (Å²) in [6, 6.07) is 0. The van der Waals surface area contributed by atoms with Crippen molar-refractivity contribution in [3.8, 4) is 0 Å². The van der Waals surface area contributed by atoms with Crippen LogP contribution in [0.5, 0.6) is 0 Å². The standard InChI is InChI=1S/C14H22O7/c1-13(2)17-6-8-11(19-13)12-10(20-14(3,4)21-12)7(18-8)5-9(15)16/h7-8,10-12H,5-6H2,1-4H3,(H,15,16)/t7-,8+,10+,11+,12+/m0/s1. The quantitative estimate of drug-likeness (QED) is 0.811. The van der Waals surface area contributed by atoms with Gasteiger partial charge in [0, 0.05) is 0 Å². The Balaban J connectivity index is 1.84. The van der Waals surface area contributed by atoms with E-state index in [2.05, 4.69) is 0 Å². The second kappa shape index (κ2) is 4.89. The van der Waals surface area contributed by atoms with Crippen LogP contribution in [0.2, 0.25) is 0 Å². The van der Waals surface area contributed by atoms with Crippen LogP contribution in [-0.4, -0.2) is 59.8 Å². The zero-order valence-electron chi connectivity index (χ0n) is 12.7. The van der Waals surface area contributed by atoms with Gasteiger partial charge in [-0.25, -0.2) is 0 Å². The van der Waals surface area contributed by atoms with E-state index < -0.39 is 29.8 Å². The fourth-order valence-electron chi connectivity index (χ4n) is 3.21. The van der Waals surface area contributed by atoms with E-state index in [0.29, 0.717) is 6.61 Å². The Morgan fingerprint density at radius 1 is 1.05 bits per heavy atom. The molecule has 3 fully saturated rings. The van der Waals surface area contributed by atoms with Gasteiger partial charge in [-0.1, -0.05) is 0 Å². The fourth-order valence-corrected chi connectivity index (χ4v) is 3.21. The summed E-state index contributed by atoms with van der Waals surface area (Å²) in [5.41, 5.74) is 0. The van der Waals surface area contributed by atoms with Gasteiger partial charge in [0.1, 0.15) is 24.4 Å². The lowest BCUT2D eigenvalue weighted by atomic mass is 9.92. The number of carbonyl (C=O) groups is 1. The molecule has 3 saturated heterocycles. The second-order valence-corrected chi connectivity index (χ2v) is 6.67. The minimum Gasteiger partial charge on any atom is -0.481 e. The van der Waals surface area contributed by atoms with Crippen molar-refractivity contribution in [1.29, 1.82) is 0 Å². The van der Waals surface area contributed by atoms with Gasteiger partial charge in [-0.3, -0.25) is 4.79 Å². The highest BCUT2D eigenvalue weighted by Crippen LogP contribution is 2.42. The van der Waals surface area contributed by atoms with Crippen molar-refractivity contribution < 1.29 is 33.6 Å². The molecule has 0 unspecified atom stereocenters. The first kappa shape index (κ1) is 15.2. The zero-order valence-corrected chi connectivity index (χ0v) is 12.7. The Kier molecular flexibility index (Phi) is 3.53. The predicted molar refractivity (Wildman–Crippen MR) is 69.6 cm³/mol. The minimum atomic E-state index is -0.927. The Labute approximate surface area is 123 Å². The molecule has 0 spiro atoms. The van der Waals surface area contributed by atoms with Gasteiger partial charge in [-0.15, -0.1) is 0 Å². The molecule has 5 atom stereocenters. The van der Waals surface area contributed by atoms with Gasteiger partial charge >= 0.3 is 5.97 Å². The predicted octanol–water partition coefficient (Wildman–Crippen LogP) is 0.900. The summed E-state index contributed by atoms with van der Waals surface area (Å²) in [4.78, 5) is 11.0. The average Bonchev–Trinajstić information content (AvgIpc) is 2.65. The summed E-state index contributed by atoms with van der Waals surface area (Å²) in [6.07, 6.45) is -2.18. The topological polar surface area (TPSA) is 83.5 Å². The molecule has 0 radical (unpaired) electrons. The monoisotopic (exact) mass is 302 g/mol. The maximum atomic E-state index is 11.0. The van der Waals surface area contributed by atoms with E-state index in [1.165, 1.54) is 0 Å². The van der Waals surface area contributed by atoms with E-state index in [1.807, 2.05) is 27.7 Å². The molecule has 3 aliphatic rings. The molecule has 7 nitrogen and oxygen atoms in total. The smallest absolute Gasteiger partial charge is 0.306 e. The van der Waals surface area contributed by atoms with Crippen LogP contribution in [0, 0.1) is 0 Å². The van der Waals surface area contributed by atoms with E-state index in [1.54, 1.807) is 0 Å². The molecule has 0 saturated carbocycles. The van der Waals surface area contributed by atoms with Crippen molar-refractivity contribution in [2.24, 2.45) is 0 Å². The van der Waals surface area contributed by atoms with Crippen molar-refractivity contribution in [2.75, 3.05) is 6.61 Å². The molecular weight excluding hydrogens is 280 g/mol. The second-order valence-electron chi connectivity index (χ2n) is 6.67. The molecule has 120 valence electrons. The lowest BCUT2D eigenvalue weighted by Crippen LogP contribution is -2.63. The summed E-state index contributed by atoms with van der Waals surface area (Å²) >= 11 is 0. The molecule has 3 rings (SSSR count). The van der Waals surface area contributed by atoms with Gasteiger partial charge in [0.15, 0.2) is 11.6 Å². The number of hydrogen-bond donors (Lipinski definition) is 1. The van der Waals surface area contributed by atoms with E-state index >= 15 is 0 Å². The van der Waals surface area contributed by atoms with Gasteiger partial charge in [0.2, 0.25) is 0 Å². The average molecular weight is 302 g/mol. The summed E-state index contributed by atoms with van der Waals surface area (Å²) in [5, 5.41) is 9.06. The van der Waals surface area contributed by atoms with E-state index in [4.69, 9.17) is 28.8 Å². The molecule has 0 aromatic rings. The number of carboxylic acid groups (broad SMARTS) is 1. The highest BCUT2D eigenvalue weighted by atomic mass is 16.8. The van der Waals surface area contributed by atoms with Crippen LogP contribution >= 0.6 is 0 Å². The molecule has 3 aliphatic heterocycles. The number of aliphatic carboxylic acids is 1. The molecule has 21 heavy (non-hydrogen) atoms. The Morgan fingerprint density at radius 3 is 2.33 bits per heavy atom. The van der Waals surface area contributed by atoms with Gasteiger partial charge in [-0.05, 0) is 27.7 Å². The third kappa shape index (κ3) is 2.93. The van der Waals surface area contributed by atoms with Gasteiger partial charge in [-0.2, -0.15) is 0 Å². The molecule has 7 heteroatoms. The first-order chi connectivity index (χ1) is 9.67.